The molecule has 2 amide bonds. The Kier molecular flexibility index (Phi) is 9.38. The lowest BCUT2D eigenvalue weighted by atomic mass is 9.80. The number of sulfone groups is 2. The zero-order chi connectivity index (χ0) is 42.4. The maximum Gasteiger partial charge on any atom is 0.573 e. The van der Waals surface area contributed by atoms with E-state index >= 15 is 13.2 Å². The van der Waals surface area contributed by atoms with Crippen molar-refractivity contribution in [3.05, 3.63) is 119 Å². The van der Waals surface area contributed by atoms with E-state index < -0.39 is 84.1 Å². The van der Waals surface area contributed by atoms with Crippen LogP contribution in [-0.4, -0.2) is 77.9 Å². The first-order valence-electron chi connectivity index (χ1n) is 18.1. The molecular formula is C40H33F6N3O8S2. The number of rotatable bonds is 8. The van der Waals surface area contributed by atoms with E-state index in [0.717, 1.165) is 29.2 Å². The summed E-state index contributed by atoms with van der Waals surface area (Å²) in [5.41, 5.74) is -2.29. The molecule has 1 spiro atoms. The Bertz CT molecular complexity index is 2640. The summed E-state index contributed by atoms with van der Waals surface area (Å²) >= 11 is 0. The molecule has 19 heteroatoms. The average Bonchev–Trinajstić information content (AvgIpc) is 3.69. The standard InChI is InChI=1S/C40H33F6N3O8S2/c1-47-31-17-15-23(56-39(41,42)43)20-28(31)33(36(47)50)27-14-9-19-49-34(27)35(59(54,55)26-12-7-4-8-13-26)30(22-58(52,53)25-10-5-3-6-11-25)38(49)29-21-24(57-40(44,45)46)16-18-32(29)48(2)37(38)51/h3-8,10-13,15-18,20-21,30,33,35H,9,14,19,22H2,1-2H3/t30-,33?,35-,38+/m0/s1. The lowest BCUT2D eigenvalue weighted by molar-refractivity contribution is -0.275. The van der Waals surface area contributed by atoms with Gasteiger partial charge in [0.2, 0.25) is 5.91 Å². The van der Waals surface area contributed by atoms with Crippen molar-refractivity contribution in [1.29, 1.82) is 0 Å². The third-order valence-electron chi connectivity index (χ3n) is 11.4. The molecule has 0 aromatic heterocycles. The van der Waals surface area contributed by atoms with Crippen LogP contribution in [0.4, 0.5) is 37.7 Å². The molecular weight excluding hydrogens is 829 g/mol. The van der Waals surface area contributed by atoms with Crippen LogP contribution >= 0.6 is 0 Å². The minimum atomic E-state index is -5.19. The van der Waals surface area contributed by atoms with Crippen molar-refractivity contribution < 1.29 is 62.2 Å². The highest BCUT2D eigenvalue weighted by molar-refractivity contribution is 7.93. The molecule has 0 bridgehead atoms. The van der Waals surface area contributed by atoms with Gasteiger partial charge in [-0.1, -0.05) is 36.4 Å². The number of hydrogen-bond donors (Lipinski definition) is 0. The highest BCUT2D eigenvalue weighted by atomic mass is 32.2. The summed E-state index contributed by atoms with van der Waals surface area (Å²) in [6, 6.07) is 20.4. The van der Waals surface area contributed by atoms with Crippen molar-refractivity contribution in [2.75, 3.05) is 36.2 Å². The molecule has 1 unspecified atom stereocenters. The Balaban J connectivity index is 1.47. The van der Waals surface area contributed by atoms with Gasteiger partial charge in [0.05, 0.1) is 21.5 Å². The number of hydrogen-bond acceptors (Lipinski definition) is 9. The largest absolute Gasteiger partial charge is 0.573 e. The number of anilines is 2. The SMILES string of the molecule is CN1C(=O)C(C2=C3[C@@H](S(=O)(=O)c4ccccc4)[C@H](CS(=O)(=O)c4ccccc4)[C@]4(C(=O)N(C)c5ccc(OC(F)(F)F)cc54)N3CCC2)c2cc(OC(F)(F)F)ccc21. The van der Waals surface area contributed by atoms with E-state index in [1.165, 1.54) is 84.6 Å². The molecule has 4 aliphatic heterocycles. The van der Waals surface area contributed by atoms with Crippen molar-refractivity contribution in [2.24, 2.45) is 5.92 Å². The zero-order valence-electron chi connectivity index (χ0n) is 31.0. The van der Waals surface area contributed by atoms with Gasteiger partial charge in [0, 0.05) is 49.2 Å². The highest BCUT2D eigenvalue weighted by Crippen LogP contribution is 2.62. The molecule has 59 heavy (non-hydrogen) atoms. The summed E-state index contributed by atoms with van der Waals surface area (Å²) in [5, 5.41) is -1.95. The number of carbonyl (C=O) groups excluding carboxylic acids is 2. The average molecular weight is 862 g/mol. The second kappa shape index (κ2) is 13.8. The van der Waals surface area contributed by atoms with Gasteiger partial charge in [-0.25, -0.2) is 16.8 Å². The molecule has 11 nitrogen and oxygen atoms in total. The molecule has 4 aliphatic rings. The summed E-state index contributed by atoms with van der Waals surface area (Å²) in [6.45, 7) is -0.133. The number of likely N-dealkylation sites (N-methyl/N-ethyl adjacent to an activating group) is 2. The lowest BCUT2D eigenvalue weighted by Gasteiger charge is -2.42. The van der Waals surface area contributed by atoms with Crippen LogP contribution in [0.2, 0.25) is 0 Å². The fourth-order valence-corrected chi connectivity index (χ4v) is 13.1. The lowest BCUT2D eigenvalue weighted by Crippen LogP contribution is -2.55. The Morgan fingerprint density at radius 3 is 1.88 bits per heavy atom. The molecule has 4 heterocycles. The normalized spacial score (nSPS) is 23.2. The van der Waals surface area contributed by atoms with E-state index in [1.807, 2.05) is 0 Å². The maximum atomic E-state index is 15.4. The van der Waals surface area contributed by atoms with Gasteiger partial charge in [0.25, 0.3) is 5.91 Å². The second-order valence-corrected chi connectivity index (χ2v) is 18.7. The van der Waals surface area contributed by atoms with Gasteiger partial charge in [-0.3, -0.25) is 9.59 Å². The summed E-state index contributed by atoms with van der Waals surface area (Å²) in [5.74, 6) is -7.20. The minimum absolute atomic E-state index is 0.0248. The molecule has 1 saturated heterocycles. The number of ether oxygens (including phenoxy) is 2. The molecule has 8 rings (SSSR count). The predicted molar refractivity (Wildman–Crippen MR) is 200 cm³/mol. The van der Waals surface area contributed by atoms with Crippen LogP contribution < -0.4 is 19.3 Å². The summed E-state index contributed by atoms with van der Waals surface area (Å²) < 4.78 is 150. The smallest absolute Gasteiger partial charge is 0.406 e. The van der Waals surface area contributed by atoms with Crippen LogP contribution in [0, 0.1) is 5.92 Å². The van der Waals surface area contributed by atoms with Crippen molar-refractivity contribution in [2.45, 2.75) is 52.1 Å². The van der Waals surface area contributed by atoms with Crippen molar-refractivity contribution in [3.8, 4) is 11.5 Å². The van der Waals surface area contributed by atoms with E-state index in [-0.39, 0.29) is 62.9 Å². The summed E-state index contributed by atoms with van der Waals surface area (Å²) in [6.07, 6.45) is -10.2. The van der Waals surface area contributed by atoms with Crippen LogP contribution in [0.5, 0.6) is 11.5 Å². The van der Waals surface area contributed by atoms with Gasteiger partial charge in [0.15, 0.2) is 25.2 Å². The molecule has 0 N–H and O–H groups in total. The van der Waals surface area contributed by atoms with Crippen LogP contribution in [-0.2, 0) is 34.8 Å². The highest BCUT2D eigenvalue weighted by Gasteiger charge is 2.70. The second-order valence-electron chi connectivity index (χ2n) is 14.6. The Morgan fingerprint density at radius 2 is 1.29 bits per heavy atom. The van der Waals surface area contributed by atoms with E-state index in [1.54, 1.807) is 12.1 Å². The number of halogens is 6. The summed E-state index contributed by atoms with van der Waals surface area (Å²) in [7, 11) is -6.63. The fourth-order valence-electron chi connectivity index (χ4n) is 9.20. The molecule has 0 radical (unpaired) electrons. The first kappa shape index (κ1) is 40.2. The maximum absolute atomic E-state index is 15.4. The number of alkyl halides is 6. The molecule has 0 aliphatic carbocycles. The van der Waals surface area contributed by atoms with E-state index in [4.69, 9.17) is 0 Å². The van der Waals surface area contributed by atoms with Gasteiger partial charge >= 0.3 is 12.7 Å². The number of benzene rings is 4. The Labute approximate surface area is 334 Å². The van der Waals surface area contributed by atoms with E-state index in [0.29, 0.717) is 0 Å². The Morgan fingerprint density at radius 1 is 0.729 bits per heavy atom. The quantitative estimate of drug-likeness (QED) is 0.178. The summed E-state index contributed by atoms with van der Waals surface area (Å²) in [4.78, 5) is 32.7. The van der Waals surface area contributed by atoms with Crippen LogP contribution in [0.15, 0.2) is 118 Å². The van der Waals surface area contributed by atoms with Crippen molar-refractivity contribution in [3.63, 3.8) is 0 Å². The zero-order valence-corrected chi connectivity index (χ0v) is 32.6. The van der Waals surface area contributed by atoms with Gasteiger partial charge in [-0.2, -0.15) is 0 Å². The van der Waals surface area contributed by atoms with E-state index in [2.05, 4.69) is 9.47 Å². The Hall–Kier alpha value is -5.56. The minimum Gasteiger partial charge on any atom is -0.406 e. The van der Waals surface area contributed by atoms with Gasteiger partial charge in [0.1, 0.15) is 16.7 Å². The third kappa shape index (κ3) is 6.48. The number of carbonyl (C=O) groups is 2. The molecule has 310 valence electrons. The van der Waals surface area contributed by atoms with Crippen LogP contribution in [0.25, 0.3) is 0 Å². The van der Waals surface area contributed by atoms with Gasteiger partial charge in [-0.05, 0) is 84.6 Å². The number of amides is 2. The molecule has 4 aromatic rings. The van der Waals surface area contributed by atoms with Gasteiger partial charge in [-0.15, -0.1) is 26.3 Å². The van der Waals surface area contributed by atoms with Crippen molar-refractivity contribution in [1.82, 2.24) is 4.90 Å². The predicted octanol–water partition coefficient (Wildman–Crippen LogP) is 6.71. The molecule has 4 atom stereocenters. The first-order chi connectivity index (χ1) is 27.7. The van der Waals surface area contributed by atoms with Crippen LogP contribution in [0.3, 0.4) is 0 Å². The third-order valence-corrected chi connectivity index (χ3v) is 15.3. The van der Waals surface area contributed by atoms with Crippen LogP contribution in [0.1, 0.15) is 29.9 Å². The molecule has 0 saturated carbocycles. The number of nitrogens with zero attached hydrogens (tertiary/aromatic N) is 3. The van der Waals surface area contributed by atoms with Gasteiger partial charge < -0.3 is 24.2 Å². The fraction of sp³-hybridized carbons (Fsp3) is 0.300. The van der Waals surface area contributed by atoms with Crippen molar-refractivity contribution >= 4 is 42.9 Å². The molecule has 1 fully saturated rings. The monoisotopic (exact) mass is 861 g/mol. The molecule has 4 aromatic carbocycles. The number of fused-ring (bicyclic) bond motifs is 5. The van der Waals surface area contributed by atoms with E-state index in [9.17, 15) is 39.6 Å². The topological polar surface area (TPSA) is 131 Å². The first-order valence-corrected chi connectivity index (χ1v) is 21.3.